The van der Waals surface area contributed by atoms with Crippen molar-refractivity contribution in [2.45, 2.75) is 38.7 Å². The van der Waals surface area contributed by atoms with E-state index in [2.05, 4.69) is 11.9 Å². The van der Waals surface area contributed by atoms with Crippen molar-refractivity contribution >= 4 is 17.4 Å². The van der Waals surface area contributed by atoms with Gasteiger partial charge >= 0.3 is 11.9 Å². The first-order valence-electron chi connectivity index (χ1n) is 10.3. The van der Waals surface area contributed by atoms with Gasteiger partial charge in [0.25, 0.3) is 0 Å². The Balaban J connectivity index is 1.48. The van der Waals surface area contributed by atoms with Gasteiger partial charge in [0.15, 0.2) is 11.6 Å². The van der Waals surface area contributed by atoms with Gasteiger partial charge in [-0.2, -0.15) is 18.2 Å². The van der Waals surface area contributed by atoms with Gasteiger partial charge in [0.1, 0.15) is 18.2 Å². The SMILES string of the molecule is CC1CCn2c(cc(OCc3ccc(Oc4ccc(Cl)c(C(F)(F)F)c4)c(F)c3)nc2=O)N1C. The van der Waals surface area contributed by atoms with Gasteiger partial charge in [0.2, 0.25) is 5.88 Å². The van der Waals surface area contributed by atoms with E-state index in [9.17, 15) is 22.4 Å². The second kappa shape index (κ2) is 9.17. The molecule has 180 valence electrons. The first kappa shape index (κ1) is 23.9. The summed E-state index contributed by atoms with van der Waals surface area (Å²) in [7, 11) is 1.88. The number of alkyl halides is 3. The molecule has 1 aromatic heterocycles. The van der Waals surface area contributed by atoms with Crippen molar-refractivity contribution in [2.75, 3.05) is 11.9 Å². The summed E-state index contributed by atoms with van der Waals surface area (Å²) in [5, 5.41) is -0.483. The average Bonchev–Trinajstić information content (AvgIpc) is 2.77. The Kier molecular flexibility index (Phi) is 6.44. The van der Waals surface area contributed by atoms with Gasteiger partial charge in [-0.15, -0.1) is 0 Å². The quantitative estimate of drug-likeness (QED) is 0.426. The highest BCUT2D eigenvalue weighted by molar-refractivity contribution is 6.31. The maximum absolute atomic E-state index is 14.6. The monoisotopic (exact) mass is 497 g/mol. The fraction of sp³-hybridized carbons (Fsp3) is 0.304. The number of fused-ring (bicyclic) bond motifs is 1. The van der Waals surface area contributed by atoms with E-state index < -0.39 is 28.3 Å². The van der Waals surface area contributed by atoms with Crippen LogP contribution in [-0.2, 0) is 19.3 Å². The van der Waals surface area contributed by atoms with Crippen molar-refractivity contribution in [1.29, 1.82) is 0 Å². The maximum atomic E-state index is 14.6. The number of ether oxygens (including phenoxy) is 2. The molecule has 0 saturated carbocycles. The lowest BCUT2D eigenvalue weighted by molar-refractivity contribution is -0.137. The first-order chi connectivity index (χ1) is 16.0. The van der Waals surface area contributed by atoms with Crippen LogP contribution in [0.25, 0.3) is 0 Å². The van der Waals surface area contributed by atoms with Crippen molar-refractivity contribution in [1.82, 2.24) is 9.55 Å². The molecule has 34 heavy (non-hydrogen) atoms. The predicted octanol–water partition coefficient (Wildman–Crippen LogP) is 5.65. The summed E-state index contributed by atoms with van der Waals surface area (Å²) in [6.45, 7) is 2.54. The Morgan fingerprint density at radius 2 is 1.94 bits per heavy atom. The average molecular weight is 498 g/mol. The Labute approximate surface area is 197 Å². The smallest absolute Gasteiger partial charge is 0.417 e. The van der Waals surface area contributed by atoms with Crippen molar-refractivity contribution in [2.24, 2.45) is 0 Å². The summed E-state index contributed by atoms with van der Waals surface area (Å²) in [6, 6.07) is 8.77. The Morgan fingerprint density at radius 1 is 1.18 bits per heavy atom. The van der Waals surface area contributed by atoms with E-state index in [0.717, 1.165) is 18.6 Å². The van der Waals surface area contributed by atoms with Gasteiger partial charge in [0.05, 0.1) is 10.6 Å². The fourth-order valence-corrected chi connectivity index (χ4v) is 3.80. The van der Waals surface area contributed by atoms with Crippen LogP contribution < -0.4 is 20.1 Å². The molecule has 0 radical (unpaired) electrons. The number of nitrogens with zero attached hydrogens (tertiary/aromatic N) is 3. The van der Waals surface area contributed by atoms with Crippen LogP contribution in [-0.4, -0.2) is 22.6 Å². The first-order valence-corrected chi connectivity index (χ1v) is 10.7. The third-order valence-corrected chi connectivity index (χ3v) is 5.94. The van der Waals surface area contributed by atoms with Gasteiger partial charge in [-0.3, -0.25) is 4.57 Å². The number of rotatable bonds is 5. The lowest BCUT2D eigenvalue weighted by Gasteiger charge is -2.34. The molecule has 11 heteroatoms. The zero-order chi connectivity index (χ0) is 24.6. The molecule has 0 N–H and O–H groups in total. The molecular formula is C23H20ClF4N3O3. The highest BCUT2D eigenvalue weighted by atomic mass is 35.5. The minimum absolute atomic E-state index is 0.0778. The zero-order valence-electron chi connectivity index (χ0n) is 18.2. The van der Waals surface area contributed by atoms with Crippen LogP contribution in [0, 0.1) is 5.82 Å². The van der Waals surface area contributed by atoms with E-state index >= 15 is 0 Å². The molecule has 0 spiro atoms. The number of hydrogen-bond acceptors (Lipinski definition) is 5. The number of benzene rings is 2. The summed E-state index contributed by atoms with van der Waals surface area (Å²) in [6.07, 6.45) is -3.84. The maximum Gasteiger partial charge on any atom is 0.417 e. The Bertz CT molecular complexity index is 1280. The Morgan fingerprint density at radius 3 is 2.65 bits per heavy atom. The van der Waals surface area contributed by atoms with Crippen LogP contribution in [0.4, 0.5) is 23.4 Å². The van der Waals surface area contributed by atoms with Crippen molar-refractivity contribution in [3.8, 4) is 17.4 Å². The van der Waals surface area contributed by atoms with Gasteiger partial charge in [-0.05, 0) is 49.2 Å². The highest BCUT2D eigenvalue weighted by Crippen LogP contribution is 2.38. The van der Waals surface area contributed by atoms with E-state index in [4.69, 9.17) is 21.1 Å². The molecule has 0 fully saturated rings. The topological polar surface area (TPSA) is 56.6 Å². The van der Waals surface area contributed by atoms with E-state index in [1.165, 1.54) is 18.2 Å². The molecule has 0 saturated heterocycles. The Hall–Kier alpha value is -3.27. The lowest BCUT2D eigenvalue weighted by Crippen LogP contribution is -2.41. The third kappa shape index (κ3) is 4.96. The third-order valence-electron chi connectivity index (χ3n) is 5.61. The van der Waals surface area contributed by atoms with Gasteiger partial charge < -0.3 is 14.4 Å². The molecule has 6 nitrogen and oxygen atoms in total. The lowest BCUT2D eigenvalue weighted by atomic mass is 10.1. The molecular weight excluding hydrogens is 478 g/mol. The van der Waals surface area contributed by atoms with E-state index in [1.54, 1.807) is 10.6 Å². The van der Waals surface area contributed by atoms with E-state index in [-0.39, 0.29) is 30.0 Å². The number of halogens is 5. The molecule has 4 rings (SSSR count). The van der Waals surface area contributed by atoms with Crippen LogP contribution in [0.5, 0.6) is 17.4 Å². The predicted molar refractivity (Wildman–Crippen MR) is 118 cm³/mol. The molecule has 2 heterocycles. The molecule has 1 aliphatic heterocycles. The molecule has 0 bridgehead atoms. The summed E-state index contributed by atoms with van der Waals surface area (Å²) < 4.78 is 66.1. The molecule has 1 unspecified atom stereocenters. The molecule has 0 aliphatic carbocycles. The molecule has 2 aromatic carbocycles. The van der Waals surface area contributed by atoms with Crippen LogP contribution in [0.3, 0.4) is 0 Å². The van der Waals surface area contributed by atoms with Crippen molar-refractivity contribution < 1.29 is 27.0 Å². The molecule has 3 aromatic rings. The minimum atomic E-state index is -4.67. The second-order valence-corrected chi connectivity index (χ2v) is 8.34. The van der Waals surface area contributed by atoms with E-state index in [1.807, 2.05) is 11.9 Å². The highest BCUT2D eigenvalue weighted by Gasteiger charge is 2.33. The van der Waals surface area contributed by atoms with Gasteiger partial charge in [0, 0.05) is 25.7 Å². The fourth-order valence-electron chi connectivity index (χ4n) is 3.57. The standard InChI is InChI=1S/C23H20ClF4N3O3/c1-13-7-8-31-21(30(13)2)11-20(29-22(31)32)33-12-14-3-6-19(18(25)9-14)34-15-4-5-17(24)16(10-15)23(26,27)28/h3-6,9-11,13H,7-8,12H2,1-2H3. The summed E-state index contributed by atoms with van der Waals surface area (Å²) in [4.78, 5) is 18.2. The molecule has 1 aliphatic rings. The summed E-state index contributed by atoms with van der Waals surface area (Å²) >= 11 is 5.59. The van der Waals surface area contributed by atoms with Crippen molar-refractivity contribution in [3.05, 3.63) is 74.9 Å². The number of hydrogen-bond donors (Lipinski definition) is 0. The van der Waals surface area contributed by atoms with Crippen LogP contribution in [0.2, 0.25) is 5.02 Å². The zero-order valence-corrected chi connectivity index (χ0v) is 19.0. The minimum Gasteiger partial charge on any atom is -0.473 e. The summed E-state index contributed by atoms with van der Waals surface area (Å²) in [5.41, 5.74) is -1.09. The van der Waals surface area contributed by atoms with Crippen LogP contribution in [0.1, 0.15) is 24.5 Å². The summed E-state index contributed by atoms with van der Waals surface area (Å²) in [5.74, 6) is -0.475. The van der Waals surface area contributed by atoms with Gasteiger partial charge in [-0.1, -0.05) is 17.7 Å². The van der Waals surface area contributed by atoms with E-state index in [0.29, 0.717) is 24.0 Å². The van der Waals surface area contributed by atoms with Crippen LogP contribution >= 0.6 is 11.6 Å². The van der Waals surface area contributed by atoms with Crippen molar-refractivity contribution in [3.63, 3.8) is 0 Å². The molecule has 1 atom stereocenters. The number of anilines is 1. The second-order valence-electron chi connectivity index (χ2n) is 7.93. The van der Waals surface area contributed by atoms with Crippen LogP contribution in [0.15, 0.2) is 47.3 Å². The normalized spacial score (nSPS) is 15.7. The molecule has 0 amide bonds. The van der Waals surface area contributed by atoms with Gasteiger partial charge in [-0.25, -0.2) is 9.18 Å². The number of aromatic nitrogens is 2. The largest absolute Gasteiger partial charge is 0.473 e.